The molecule has 0 unspecified atom stereocenters. The number of nitrogens with zero attached hydrogens (tertiary/aromatic N) is 1. The lowest BCUT2D eigenvalue weighted by atomic mass is 10.1. The van der Waals surface area contributed by atoms with Crippen molar-refractivity contribution in [2.45, 2.75) is 13.8 Å². The third kappa shape index (κ3) is 7.34. The third-order valence-corrected chi connectivity index (χ3v) is 4.79. The molecule has 0 atom stereocenters. The monoisotopic (exact) mass is 458 g/mol. The van der Waals surface area contributed by atoms with Crippen LogP contribution in [0.15, 0.2) is 77.9 Å². The average Bonchev–Trinajstić information content (AvgIpc) is 2.84. The number of hydrazone groups is 1. The minimum Gasteiger partial charge on any atom is -0.497 e. The van der Waals surface area contributed by atoms with Crippen LogP contribution in [0.2, 0.25) is 0 Å². The zero-order valence-electron chi connectivity index (χ0n) is 19.3. The van der Waals surface area contributed by atoms with Crippen molar-refractivity contribution in [3.8, 4) is 17.2 Å². The fourth-order valence-corrected chi connectivity index (χ4v) is 3.03. The molecule has 174 valence electrons. The lowest BCUT2D eigenvalue weighted by molar-refractivity contribution is -0.129. The zero-order chi connectivity index (χ0) is 24.3. The predicted octanol–water partition coefficient (Wildman–Crippen LogP) is 4.46. The van der Waals surface area contributed by atoms with Gasteiger partial charge in [0.15, 0.2) is 6.61 Å². The number of carbonyl (C=O) groups excluding carboxylic acids is 2. The molecule has 0 saturated carbocycles. The largest absolute Gasteiger partial charge is 0.497 e. The summed E-state index contributed by atoms with van der Waals surface area (Å²) in [6.45, 7) is 3.72. The van der Waals surface area contributed by atoms with Gasteiger partial charge in [-0.15, -0.1) is 0 Å². The molecular weight excluding hydrogens is 432 g/mol. The van der Waals surface area contributed by atoms with E-state index in [0.29, 0.717) is 11.5 Å². The van der Waals surface area contributed by atoms with E-state index in [2.05, 4.69) is 10.5 Å². The first-order valence-corrected chi connectivity index (χ1v) is 10.6. The standard InChI is InChI=1S/C27H26N2O5/c1-19-5-4-6-20(2)27(19)33-18-25(30)29-28-17-22-9-14-24(15-10-22)34-26(31)16-11-21-7-12-23(32-3)13-8-21/h4-17H,18H2,1-3H3,(H,29,30). The van der Waals surface area contributed by atoms with Gasteiger partial charge in [0, 0.05) is 6.08 Å². The van der Waals surface area contributed by atoms with Crippen molar-refractivity contribution in [2.75, 3.05) is 13.7 Å². The molecule has 3 aromatic carbocycles. The zero-order valence-corrected chi connectivity index (χ0v) is 19.3. The van der Waals surface area contributed by atoms with Gasteiger partial charge in [0.2, 0.25) is 0 Å². The average molecular weight is 459 g/mol. The van der Waals surface area contributed by atoms with Gasteiger partial charge >= 0.3 is 5.97 Å². The predicted molar refractivity (Wildman–Crippen MR) is 131 cm³/mol. The summed E-state index contributed by atoms with van der Waals surface area (Å²) in [5.41, 5.74) is 5.94. The first-order chi connectivity index (χ1) is 16.4. The highest BCUT2D eigenvalue weighted by Gasteiger charge is 2.06. The molecule has 34 heavy (non-hydrogen) atoms. The van der Waals surface area contributed by atoms with Crippen molar-refractivity contribution in [3.63, 3.8) is 0 Å². The van der Waals surface area contributed by atoms with Gasteiger partial charge in [0.25, 0.3) is 5.91 Å². The topological polar surface area (TPSA) is 86.2 Å². The summed E-state index contributed by atoms with van der Waals surface area (Å²) in [5, 5.41) is 3.93. The number of hydrogen-bond donors (Lipinski definition) is 1. The van der Waals surface area contributed by atoms with Crippen LogP contribution in [-0.2, 0) is 9.59 Å². The number of methoxy groups -OCH3 is 1. The van der Waals surface area contributed by atoms with Gasteiger partial charge in [-0.05, 0) is 78.6 Å². The van der Waals surface area contributed by atoms with Crippen LogP contribution in [-0.4, -0.2) is 31.8 Å². The Morgan fingerprint density at radius 3 is 2.15 bits per heavy atom. The minimum absolute atomic E-state index is 0.137. The SMILES string of the molecule is COc1ccc(C=CC(=O)Oc2ccc(C=NNC(=O)COc3c(C)cccc3C)cc2)cc1. The fourth-order valence-electron chi connectivity index (χ4n) is 3.03. The van der Waals surface area contributed by atoms with Crippen molar-refractivity contribution in [1.29, 1.82) is 0 Å². The molecule has 7 heteroatoms. The Bertz CT molecular complexity index is 1160. The molecule has 0 aromatic heterocycles. The molecule has 1 amide bonds. The second kappa shape index (κ2) is 12.0. The lowest BCUT2D eigenvalue weighted by Gasteiger charge is -2.10. The molecule has 0 aliphatic heterocycles. The number of ether oxygens (including phenoxy) is 3. The molecule has 7 nitrogen and oxygen atoms in total. The Balaban J connectivity index is 1.44. The lowest BCUT2D eigenvalue weighted by Crippen LogP contribution is -2.25. The number of rotatable bonds is 9. The van der Waals surface area contributed by atoms with E-state index in [1.165, 1.54) is 12.3 Å². The van der Waals surface area contributed by atoms with Gasteiger partial charge in [-0.1, -0.05) is 30.3 Å². The summed E-state index contributed by atoms with van der Waals surface area (Å²) in [6, 6.07) is 19.8. The summed E-state index contributed by atoms with van der Waals surface area (Å²) in [4.78, 5) is 24.0. The number of benzene rings is 3. The van der Waals surface area contributed by atoms with Crippen LogP contribution in [0.25, 0.3) is 6.08 Å². The number of hydrogen-bond acceptors (Lipinski definition) is 6. The Hall–Kier alpha value is -4.39. The van der Waals surface area contributed by atoms with E-state index in [-0.39, 0.29) is 12.5 Å². The number of aryl methyl sites for hydroxylation is 2. The van der Waals surface area contributed by atoms with E-state index < -0.39 is 5.97 Å². The van der Waals surface area contributed by atoms with Gasteiger partial charge in [-0.25, -0.2) is 10.2 Å². The first-order valence-electron chi connectivity index (χ1n) is 10.6. The van der Waals surface area contributed by atoms with Crippen LogP contribution in [0.1, 0.15) is 22.3 Å². The van der Waals surface area contributed by atoms with E-state index in [0.717, 1.165) is 28.0 Å². The molecule has 0 bridgehead atoms. The van der Waals surface area contributed by atoms with E-state index in [1.54, 1.807) is 37.5 Å². The van der Waals surface area contributed by atoms with Gasteiger partial charge < -0.3 is 14.2 Å². The van der Waals surface area contributed by atoms with Crippen LogP contribution in [0.4, 0.5) is 0 Å². The number of esters is 1. The molecule has 3 rings (SSSR count). The van der Waals surface area contributed by atoms with Crippen molar-refractivity contribution in [3.05, 3.63) is 95.1 Å². The van der Waals surface area contributed by atoms with Gasteiger partial charge in [0.05, 0.1) is 13.3 Å². The molecule has 0 aliphatic carbocycles. The molecular formula is C27H26N2O5. The Kier molecular flexibility index (Phi) is 8.57. The van der Waals surface area contributed by atoms with Crippen LogP contribution >= 0.6 is 0 Å². The van der Waals surface area contributed by atoms with Gasteiger partial charge in [-0.3, -0.25) is 4.79 Å². The normalized spacial score (nSPS) is 10.9. The Labute approximate surface area is 198 Å². The second-order valence-corrected chi connectivity index (χ2v) is 7.40. The van der Waals surface area contributed by atoms with Crippen molar-refractivity contribution in [1.82, 2.24) is 5.43 Å². The van der Waals surface area contributed by atoms with Crippen molar-refractivity contribution < 1.29 is 23.8 Å². The van der Waals surface area contributed by atoms with E-state index in [4.69, 9.17) is 14.2 Å². The second-order valence-electron chi connectivity index (χ2n) is 7.40. The maximum absolute atomic E-state index is 12.0. The van der Waals surface area contributed by atoms with Gasteiger partial charge in [0.1, 0.15) is 17.2 Å². The number of amides is 1. The van der Waals surface area contributed by atoms with E-state index in [9.17, 15) is 9.59 Å². The summed E-state index contributed by atoms with van der Waals surface area (Å²) < 4.78 is 16.0. The Morgan fingerprint density at radius 2 is 1.50 bits per heavy atom. The molecule has 0 spiro atoms. The third-order valence-electron chi connectivity index (χ3n) is 4.79. The molecule has 0 heterocycles. The number of para-hydroxylation sites is 1. The molecule has 3 aromatic rings. The molecule has 0 aliphatic rings. The highest BCUT2D eigenvalue weighted by Crippen LogP contribution is 2.22. The van der Waals surface area contributed by atoms with Crippen LogP contribution in [0.3, 0.4) is 0 Å². The highest BCUT2D eigenvalue weighted by atomic mass is 16.5. The molecule has 0 radical (unpaired) electrons. The number of carbonyl (C=O) groups is 2. The molecule has 0 saturated heterocycles. The minimum atomic E-state index is -0.492. The molecule has 1 N–H and O–H groups in total. The van der Waals surface area contributed by atoms with Crippen LogP contribution in [0.5, 0.6) is 17.2 Å². The highest BCUT2D eigenvalue weighted by molar-refractivity contribution is 5.89. The summed E-state index contributed by atoms with van der Waals surface area (Å²) in [5.74, 6) is 0.980. The first kappa shape index (κ1) is 24.3. The van der Waals surface area contributed by atoms with E-state index >= 15 is 0 Å². The summed E-state index contributed by atoms with van der Waals surface area (Å²) in [6.07, 6.45) is 4.51. The number of nitrogens with one attached hydrogen (secondary N) is 1. The fraction of sp³-hybridized carbons (Fsp3) is 0.148. The van der Waals surface area contributed by atoms with Crippen LogP contribution in [0, 0.1) is 13.8 Å². The maximum Gasteiger partial charge on any atom is 0.336 e. The Morgan fingerprint density at radius 1 is 0.882 bits per heavy atom. The maximum atomic E-state index is 12.0. The van der Waals surface area contributed by atoms with Crippen molar-refractivity contribution >= 4 is 24.2 Å². The summed E-state index contributed by atoms with van der Waals surface area (Å²) in [7, 11) is 1.60. The quantitative estimate of drug-likeness (QED) is 0.168. The molecule has 0 fully saturated rings. The van der Waals surface area contributed by atoms with Gasteiger partial charge in [-0.2, -0.15) is 5.10 Å². The van der Waals surface area contributed by atoms with Crippen LogP contribution < -0.4 is 19.6 Å². The smallest absolute Gasteiger partial charge is 0.336 e. The van der Waals surface area contributed by atoms with E-state index in [1.807, 2.05) is 56.3 Å². The van der Waals surface area contributed by atoms with Crippen molar-refractivity contribution in [2.24, 2.45) is 5.10 Å². The summed E-state index contributed by atoms with van der Waals surface area (Å²) >= 11 is 0.